The number of ether oxygens (including phenoxy) is 2. The molecule has 4 heterocycles. The Kier molecular flexibility index (Phi) is 6.26. The van der Waals surface area contributed by atoms with E-state index in [-0.39, 0.29) is 24.1 Å². The number of unbranched alkanes of at least 4 members (excludes halogenated alkanes) is 1. The Hall–Kier alpha value is -1.14. The minimum atomic E-state index is -0.103. The van der Waals surface area contributed by atoms with E-state index in [9.17, 15) is 9.59 Å². The van der Waals surface area contributed by atoms with E-state index in [4.69, 9.17) is 9.47 Å². The molecular weight excluding hydrogens is 356 g/mol. The molecule has 4 saturated heterocycles. The standard InChI is InChI=1S/C22H36N2O4/c1-23-15-7-8-16(23)12-19(11-15)27-21(25)5-3-4-6-22(26)28-20-13-17-9-10-18(14-20)24(17)2/h15-20H,3-14H2,1-2H3/t15-,16+,17-,18+,19?,20?. The number of nitrogens with zero attached hydrogens (tertiary/aromatic N) is 2. The highest BCUT2D eigenvalue weighted by molar-refractivity contribution is 5.70. The topological polar surface area (TPSA) is 59.1 Å². The van der Waals surface area contributed by atoms with E-state index in [1.165, 1.54) is 25.7 Å². The minimum Gasteiger partial charge on any atom is -0.462 e. The third-order valence-corrected chi connectivity index (χ3v) is 7.72. The second-order valence-electron chi connectivity index (χ2n) is 9.47. The number of piperidine rings is 2. The second-order valence-corrected chi connectivity index (χ2v) is 9.47. The number of rotatable bonds is 7. The molecule has 0 N–H and O–H groups in total. The Morgan fingerprint density at radius 1 is 0.679 bits per heavy atom. The highest BCUT2D eigenvalue weighted by Gasteiger charge is 2.40. The average molecular weight is 393 g/mol. The number of esters is 2. The SMILES string of the molecule is CN1[C@@H]2CC[C@H]1CC(OC(=O)CCCCC(=O)OC1C[C@H]3CC[C@@H](C1)N3C)C2. The number of hydrogen-bond donors (Lipinski definition) is 0. The van der Waals surface area contributed by atoms with Gasteiger partial charge in [0.15, 0.2) is 0 Å². The Morgan fingerprint density at radius 2 is 1.00 bits per heavy atom. The van der Waals surface area contributed by atoms with Crippen molar-refractivity contribution >= 4 is 11.9 Å². The van der Waals surface area contributed by atoms with Crippen LogP contribution < -0.4 is 0 Å². The van der Waals surface area contributed by atoms with Gasteiger partial charge in [0.1, 0.15) is 12.2 Å². The third-order valence-electron chi connectivity index (χ3n) is 7.72. The monoisotopic (exact) mass is 392 g/mol. The fourth-order valence-electron chi connectivity index (χ4n) is 5.94. The molecule has 6 atom stereocenters. The van der Waals surface area contributed by atoms with Gasteiger partial charge in [-0.15, -0.1) is 0 Å². The first-order valence-corrected chi connectivity index (χ1v) is 11.3. The number of carbonyl (C=O) groups excluding carboxylic acids is 2. The maximum Gasteiger partial charge on any atom is 0.306 e. The van der Waals surface area contributed by atoms with Crippen LogP contribution >= 0.6 is 0 Å². The summed E-state index contributed by atoms with van der Waals surface area (Å²) in [5, 5.41) is 0. The zero-order valence-electron chi connectivity index (χ0n) is 17.5. The summed E-state index contributed by atoms with van der Waals surface area (Å²) < 4.78 is 11.4. The number of hydrogen-bond acceptors (Lipinski definition) is 6. The van der Waals surface area contributed by atoms with Crippen molar-refractivity contribution < 1.29 is 19.1 Å². The summed E-state index contributed by atoms with van der Waals surface area (Å²) >= 11 is 0. The molecular formula is C22H36N2O4. The van der Waals surface area contributed by atoms with Crippen molar-refractivity contribution in [1.82, 2.24) is 9.80 Å². The van der Waals surface area contributed by atoms with E-state index < -0.39 is 0 Å². The minimum absolute atomic E-state index is 0.0889. The van der Waals surface area contributed by atoms with Crippen molar-refractivity contribution in [3.05, 3.63) is 0 Å². The zero-order valence-corrected chi connectivity index (χ0v) is 17.5. The van der Waals surface area contributed by atoms with Crippen molar-refractivity contribution in [3.63, 3.8) is 0 Å². The van der Waals surface area contributed by atoms with Crippen LogP contribution in [-0.2, 0) is 19.1 Å². The van der Waals surface area contributed by atoms with Gasteiger partial charge in [0, 0.05) is 37.0 Å². The van der Waals surface area contributed by atoms with Crippen LogP contribution in [0.15, 0.2) is 0 Å². The summed E-state index contributed by atoms with van der Waals surface area (Å²) in [7, 11) is 4.38. The molecule has 0 aromatic heterocycles. The summed E-state index contributed by atoms with van der Waals surface area (Å²) in [6, 6.07) is 2.34. The first-order valence-electron chi connectivity index (χ1n) is 11.3. The third kappa shape index (κ3) is 4.54. The summed E-state index contributed by atoms with van der Waals surface area (Å²) in [6.07, 6.45) is 11.2. The lowest BCUT2D eigenvalue weighted by molar-refractivity contribution is -0.154. The van der Waals surface area contributed by atoms with Gasteiger partial charge in [-0.05, 0) is 78.3 Å². The Labute approximate surface area is 168 Å². The van der Waals surface area contributed by atoms with E-state index in [2.05, 4.69) is 23.9 Å². The molecule has 0 aromatic rings. The quantitative estimate of drug-likeness (QED) is 0.490. The molecule has 2 unspecified atom stereocenters. The molecule has 0 amide bonds. The van der Waals surface area contributed by atoms with Gasteiger partial charge in [-0.3, -0.25) is 9.59 Å². The Bertz CT molecular complexity index is 505. The summed E-state index contributed by atoms with van der Waals surface area (Å²) in [6.45, 7) is 0. The highest BCUT2D eigenvalue weighted by atomic mass is 16.5. The molecule has 4 rings (SSSR count). The van der Waals surface area contributed by atoms with Crippen LogP contribution in [-0.4, -0.2) is 72.2 Å². The number of carbonyl (C=O) groups is 2. The molecule has 6 heteroatoms. The predicted octanol–water partition coefficient (Wildman–Crippen LogP) is 2.88. The molecule has 0 aliphatic carbocycles. The van der Waals surface area contributed by atoms with Gasteiger partial charge in [-0.1, -0.05) is 0 Å². The van der Waals surface area contributed by atoms with Crippen molar-refractivity contribution in [2.45, 2.75) is 113 Å². The maximum absolute atomic E-state index is 12.1. The smallest absolute Gasteiger partial charge is 0.306 e. The van der Waals surface area contributed by atoms with Crippen LogP contribution in [0.1, 0.15) is 77.0 Å². The van der Waals surface area contributed by atoms with Crippen LogP contribution in [0, 0.1) is 0 Å². The van der Waals surface area contributed by atoms with Gasteiger partial charge in [0.2, 0.25) is 0 Å². The predicted molar refractivity (Wildman–Crippen MR) is 106 cm³/mol. The van der Waals surface area contributed by atoms with Crippen molar-refractivity contribution in [1.29, 1.82) is 0 Å². The van der Waals surface area contributed by atoms with E-state index >= 15 is 0 Å². The second kappa shape index (κ2) is 8.70. The first kappa shape index (κ1) is 20.1. The molecule has 6 nitrogen and oxygen atoms in total. The van der Waals surface area contributed by atoms with Crippen molar-refractivity contribution in [2.75, 3.05) is 14.1 Å². The molecule has 0 saturated carbocycles. The Morgan fingerprint density at radius 3 is 1.32 bits per heavy atom. The normalized spacial score (nSPS) is 37.8. The van der Waals surface area contributed by atoms with Gasteiger partial charge in [0.25, 0.3) is 0 Å². The largest absolute Gasteiger partial charge is 0.462 e. The molecule has 0 radical (unpaired) electrons. The van der Waals surface area contributed by atoms with Crippen LogP contribution in [0.25, 0.3) is 0 Å². The van der Waals surface area contributed by atoms with E-state index in [1.54, 1.807) is 0 Å². The van der Waals surface area contributed by atoms with Gasteiger partial charge in [-0.25, -0.2) is 0 Å². The summed E-state index contributed by atoms with van der Waals surface area (Å²) in [5.41, 5.74) is 0. The van der Waals surface area contributed by atoms with Crippen molar-refractivity contribution in [2.24, 2.45) is 0 Å². The fraction of sp³-hybridized carbons (Fsp3) is 0.909. The lowest BCUT2D eigenvalue weighted by Gasteiger charge is -2.35. The van der Waals surface area contributed by atoms with Gasteiger partial charge < -0.3 is 19.3 Å². The van der Waals surface area contributed by atoms with Crippen LogP contribution in [0.5, 0.6) is 0 Å². The lowest BCUT2D eigenvalue weighted by Crippen LogP contribution is -2.43. The summed E-state index contributed by atoms with van der Waals surface area (Å²) in [4.78, 5) is 29.2. The van der Waals surface area contributed by atoms with E-state index in [0.717, 1.165) is 25.7 Å². The van der Waals surface area contributed by atoms with E-state index in [1.807, 2.05) is 0 Å². The molecule has 158 valence electrons. The highest BCUT2D eigenvalue weighted by Crippen LogP contribution is 2.36. The van der Waals surface area contributed by atoms with Crippen molar-refractivity contribution in [3.8, 4) is 0 Å². The van der Waals surface area contributed by atoms with Crippen LogP contribution in [0.3, 0.4) is 0 Å². The molecule has 4 aliphatic rings. The van der Waals surface area contributed by atoms with E-state index in [0.29, 0.717) is 49.9 Å². The molecule has 0 spiro atoms. The Balaban J connectivity index is 1.08. The number of fused-ring (bicyclic) bond motifs is 4. The summed E-state index contributed by atoms with van der Waals surface area (Å²) in [5.74, 6) is -0.205. The molecule has 28 heavy (non-hydrogen) atoms. The molecule has 4 fully saturated rings. The lowest BCUT2D eigenvalue weighted by atomic mass is 10.0. The van der Waals surface area contributed by atoms with Crippen LogP contribution in [0.4, 0.5) is 0 Å². The maximum atomic E-state index is 12.1. The average Bonchev–Trinajstić information content (AvgIpc) is 3.00. The van der Waals surface area contributed by atoms with Crippen LogP contribution in [0.2, 0.25) is 0 Å². The first-order chi connectivity index (χ1) is 13.5. The molecule has 4 bridgehead atoms. The fourth-order valence-corrected chi connectivity index (χ4v) is 5.94. The zero-order chi connectivity index (χ0) is 19.7. The van der Waals surface area contributed by atoms with Gasteiger partial charge in [-0.2, -0.15) is 0 Å². The van der Waals surface area contributed by atoms with Gasteiger partial charge in [0.05, 0.1) is 0 Å². The molecule has 4 aliphatic heterocycles. The molecule has 0 aromatic carbocycles. The van der Waals surface area contributed by atoms with Gasteiger partial charge >= 0.3 is 11.9 Å².